The molecule has 0 radical (unpaired) electrons. The van der Waals surface area contributed by atoms with Gasteiger partial charge < -0.3 is 19.9 Å². The molecule has 12 heteroatoms. The Bertz CT molecular complexity index is 922. The highest BCUT2D eigenvalue weighted by Crippen LogP contribution is 2.35. The van der Waals surface area contributed by atoms with Gasteiger partial charge in [-0.15, -0.1) is 13.2 Å². The first-order valence-corrected chi connectivity index (χ1v) is 9.49. The Labute approximate surface area is 183 Å². The topological polar surface area (TPSA) is 117 Å². The van der Waals surface area contributed by atoms with Gasteiger partial charge in [-0.05, 0) is 42.8 Å². The third kappa shape index (κ3) is 7.42. The van der Waals surface area contributed by atoms with E-state index in [1.807, 2.05) is 0 Å². The maximum Gasteiger partial charge on any atom is 0.573 e. The predicted molar refractivity (Wildman–Crippen MR) is 104 cm³/mol. The largest absolute Gasteiger partial charge is 0.573 e. The maximum atomic E-state index is 12.6. The lowest BCUT2D eigenvalue weighted by Crippen LogP contribution is -2.51. The Morgan fingerprint density at radius 1 is 1.13 bits per heavy atom. The van der Waals surface area contributed by atoms with Gasteiger partial charge in [-0.25, -0.2) is 5.48 Å². The van der Waals surface area contributed by atoms with E-state index in [9.17, 15) is 27.9 Å². The first-order chi connectivity index (χ1) is 14.5. The highest BCUT2D eigenvalue weighted by Gasteiger charge is 2.32. The van der Waals surface area contributed by atoms with Gasteiger partial charge in [-0.3, -0.25) is 14.8 Å². The van der Waals surface area contributed by atoms with E-state index in [-0.39, 0.29) is 17.9 Å². The Hall–Kier alpha value is -2.83. The Morgan fingerprint density at radius 2 is 1.77 bits per heavy atom. The minimum Gasteiger partial charge on any atom is -0.485 e. The molecule has 0 aliphatic heterocycles. The van der Waals surface area contributed by atoms with E-state index in [0.717, 1.165) is 6.07 Å². The van der Waals surface area contributed by atoms with Crippen LogP contribution in [0, 0.1) is 0 Å². The van der Waals surface area contributed by atoms with Crippen LogP contribution in [-0.4, -0.2) is 40.6 Å². The summed E-state index contributed by atoms with van der Waals surface area (Å²) in [6, 6.07) is 8.37. The van der Waals surface area contributed by atoms with Crippen molar-refractivity contribution in [2.45, 2.75) is 32.0 Å². The molecule has 0 spiro atoms. The fourth-order valence-corrected chi connectivity index (χ4v) is 2.76. The third-order valence-electron chi connectivity index (χ3n) is 3.90. The van der Waals surface area contributed by atoms with Gasteiger partial charge in [-0.1, -0.05) is 28.1 Å². The molecule has 0 saturated heterocycles. The van der Waals surface area contributed by atoms with E-state index in [4.69, 9.17) is 9.94 Å². The normalized spacial score (nSPS) is 13.1. The number of carbonyl (C=O) groups is 2. The van der Waals surface area contributed by atoms with Gasteiger partial charge in [0.15, 0.2) is 11.5 Å². The average molecular weight is 507 g/mol. The van der Waals surface area contributed by atoms with Crippen molar-refractivity contribution in [2.75, 3.05) is 0 Å². The minimum absolute atomic E-state index is 0.110. The number of rotatable bonds is 8. The van der Waals surface area contributed by atoms with Crippen LogP contribution in [0.15, 0.2) is 46.9 Å². The molecule has 0 saturated carbocycles. The number of hydrogen-bond donors (Lipinski definition) is 4. The molecule has 0 bridgehead atoms. The molecule has 2 aromatic rings. The molecule has 0 aromatic heterocycles. The van der Waals surface area contributed by atoms with Crippen LogP contribution in [0.1, 0.15) is 22.8 Å². The summed E-state index contributed by atoms with van der Waals surface area (Å²) in [5.74, 6) is -2.31. The van der Waals surface area contributed by atoms with E-state index in [2.05, 4.69) is 26.0 Å². The molecule has 2 rings (SSSR count). The van der Waals surface area contributed by atoms with Crippen LogP contribution in [0.2, 0.25) is 0 Å². The molecule has 2 atom stereocenters. The number of alkyl halides is 3. The van der Waals surface area contributed by atoms with Gasteiger partial charge in [0.25, 0.3) is 11.8 Å². The number of aliphatic hydroxyl groups excluding tert-OH is 1. The van der Waals surface area contributed by atoms with E-state index < -0.39 is 36.1 Å². The van der Waals surface area contributed by atoms with Gasteiger partial charge in [0.2, 0.25) is 0 Å². The lowest BCUT2D eigenvalue weighted by Gasteiger charge is -2.19. The summed E-state index contributed by atoms with van der Waals surface area (Å²) in [6.45, 7) is 1.15. The lowest BCUT2D eigenvalue weighted by molar-refractivity contribution is -0.275. The molecule has 0 aliphatic carbocycles. The van der Waals surface area contributed by atoms with Crippen molar-refractivity contribution < 1.29 is 42.5 Å². The van der Waals surface area contributed by atoms with Gasteiger partial charge in [0.05, 0.1) is 6.10 Å². The summed E-state index contributed by atoms with van der Waals surface area (Å²) in [6.07, 6.45) is -6.15. The number of carbonyl (C=O) groups excluding carboxylic acids is 2. The summed E-state index contributed by atoms with van der Waals surface area (Å²) >= 11 is 3.07. The van der Waals surface area contributed by atoms with Crippen LogP contribution in [0.4, 0.5) is 13.2 Å². The second-order valence-corrected chi connectivity index (χ2v) is 7.21. The lowest BCUT2D eigenvalue weighted by atomic mass is 10.1. The third-order valence-corrected chi connectivity index (χ3v) is 4.40. The molecule has 0 heterocycles. The zero-order valence-corrected chi connectivity index (χ0v) is 17.5. The molecular weight excluding hydrogens is 489 g/mol. The van der Waals surface area contributed by atoms with Crippen LogP contribution in [-0.2, 0) is 11.4 Å². The van der Waals surface area contributed by atoms with Gasteiger partial charge in [-0.2, -0.15) is 0 Å². The summed E-state index contributed by atoms with van der Waals surface area (Å²) in [5.41, 5.74) is 2.04. The predicted octanol–water partition coefficient (Wildman–Crippen LogP) is 2.91. The molecule has 0 unspecified atom stereocenters. The molecular formula is C19H18BrF3N2O6. The SMILES string of the molecule is C[C@@H](O)[C@H](NC(=O)c1ccc(COc2ccc(Br)cc2OC(F)(F)F)cc1)C(=O)NO. The number of hydrogen-bond acceptors (Lipinski definition) is 6. The molecule has 2 aromatic carbocycles. The summed E-state index contributed by atoms with van der Waals surface area (Å²) in [5, 5.41) is 20.5. The van der Waals surface area contributed by atoms with Gasteiger partial charge >= 0.3 is 6.36 Å². The second-order valence-electron chi connectivity index (χ2n) is 6.29. The molecule has 8 nitrogen and oxygen atoms in total. The van der Waals surface area contributed by atoms with Crippen molar-refractivity contribution >= 4 is 27.7 Å². The zero-order valence-electron chi connectivity index (χ0n) is 15.9. The summed E-state index contributed by atoms with van der Waals surface area (Å²) < 4.78 is 47.4. The van der Waals surface area contributed by atoms with E-state index >= 15 is 0 Å². The maximum absolute atomic E-state index is 12.6. The molecule has 0 fully saturated rings. The van der Waals surface area contributed by atoms with Crippen LogP contribution in [0.5, 0.6) is 11.5 Å². The van der Waals surface area contributed by atoms with Crippen molar-refractivity contribution in [3.63, 3.8) is 0 Å². The van der Waals surface area contributed by atoms with E-state index in [1.54, 1.807) is 0 Å². The van der Waals surface area contributed by atoms with Crippen LogP contribution in [0.3, 0.4) is 0 Å². The van der Waals surface area contributed by atoms with E-state index in [0.29, 0.717) is 10.0 Å². The smallest absolute Gasteiger partial charge is 0.485 e. The second kappa shape index (κ2) is 10.5. The number of benzene rings is 2. The Morgan fingerprint density at radius 3 is 2.32 bits per heavy atom. The number of ether oxygens (including phenoxy) is 2. The highest BCUT2D eigenvalue weighted by atomic mass is 79.9. The molecule has 4 N–H and O–H groups in total. The van der Waals surface area contributed by atoms with Crippen molar-refractivity contribution in [3.05, 3.63) is 58.1 Å². The standard InChI is InChI=1S/C19H18BrF3N2O6/c1-10(26)16(18(28)25-29)24-17(27)12-4-2-11(3-5-12)9-30-14-7-6-13(20)8-15(14)31-19(21,22)23/h2-8,10,16,26,29H,9H2,1H3,(H,24,27)(H,25,28)/t10-,16+/m1/s1. The number of aliphatic hydroxyl groups is 1. The van der Waals surface area contributed by atoms with Crippen molar-refractivity contribution in [2.24, 2.45) is 0 Å². The van der Waals surface area contributed by atoms with Gasteiger partial charge in [0.1, 0.15) is 12.6 Å². The zero-order chi connectivity index (χ0) is 23.2. The fourth-order valence-electron chi connectivity index (χ4n) is 2.42. The fraction of sp³-hybridized carbons (Fsp3) is 0.263. The number of hydroxylamine groups is 1. The molecule has 2 amide bonds. The molecule has 0 aliphatic rings. The van der Waals surface area contributed by atoms with Crippen LogP contribution < -0.4 is 20.3 Å². The number of nitrogens with one attached hydrogen (secondary N) is 2. The summed E-state index contributed by atoms with van der Waals surface area (Å²) in [4.78, 5) is 23.7. The van der Waals surface area contributed by atoms with Gasteiger partial charge in [0, 0.05) is 10.0 Å². The number of halogens is 4. The average Bonchev–Trinajstić information content (AvgIpc) is 2.69. The van der Waals surface area contributed by atoms with Crippen LogP contribution >= 0.6 is 15.9 Å². The molecule has 168 valence electrons. The quantitative estimate of drug-likeness (QED) is 0.323. The highest BCUT2D eigenvalue weighted by molar-refractivity contribution is 9.10. The van der Waals surface area contributed by atoms with Crippen molar-refractivity contribution in [3.8, 4) is 11.5 Å². The van der Waals surface area contributed by atoms with Crippen LogP contribution in [0.25, 0.3) is 0 Å². The monoisotopic (exact) mass is 506 g/mol. The van der Waals surface area contributed by atoms with E-state index in [1.165, 1.54) is 48.8 Å². The van der Waals surface area contributed by atoms with Crippen molar-refractivity contribution in [1.82, 2.24) is 10.8 Å². The Balaban J connectivity index is 2.05. The Kier molecular flexibility index (Phi) is 8.25. The first-order valence-electron chi connectivity index (χ1n) is 8.70. The first kappa shape index (κ1) is 24.4. The minimum atomic E-state index is -4.88. The summed E-state index contributed by atoms with van der Waals surface area (Å²) in [7, 11) is 0. The molecule has 31 heavy (non-hydrogen) atoms. The number of amides is 2. The van der Waals surface area contributed by atoms with Crippen molar-refractivity contribution in [1.29, 1.82) is 0 Å².